The van der Waals surface area contributed by atoms with E-state index < -0.39 is 7.82 Å². The average molecular weight is 645 g/mol. The molecule has 0 unspecified atom stereocenters. The fourth-order valence-electron chi connectivity index (χ4n) is 5.88. The van der Waals surface area contributed by atoms with Crippen LogP contribution in [-0.4, -0.2) is 27.9 Å². The molecule has 7 heteroatoms. The van der Waals surface area contributed by atoms with Gasteiger partial charge in [-0.25, -0.2) is 4.57 Å². The maximum Gasteiger partial charge on any atom is 1.00 e. The molecule has 0 spiro atoms. The van der Waals surface area contributed by atoms with Gasteiger partial charge >= 0.3 is 37.4 Å². The van der Waals surface area contributed by atoms with Gasteiger partial charge in [-0.3, -0.25) is 0 Å². The van der Waals surface area contributed by atoms with Crippen molar-refractivity contribution in [1.29, 1.82) is 0 Å². The van der Waals surface area contributed by atoms with Crippen molar-refractivity contribution in [2.75, 3.05) is 13.2 Å². The largest absolute Gasteiger partial charge is 1.00 e. The number of phosphoric acid groups is 1. The van der Waals surface area contributed by atoms with E-state index in [0.717, 1.165) is 25.0 Å². The van der Waals surface area contributed by atoms with Crippen LogP contribution in [-0.2, 0) is 9.30 Å². The van der Waals surface area contributed by atoms with Crippen LogP contribution in [0.2, 0.25) is 0 Å². The molecule has 0 aromatic rings. The SMILES string of the molecule is CCCCCCCCC(CCCCCCCC)COCC(CCCCCCCC)CCCCCCCC.O=P(O)(O)O.[H-].[Na+]. The third kappa shape index (κ3) is 47.6. The minimum Gasteiger partial charge on any atom is -1.00 e. The third-order valence-corrected chi connectivity index (χ3v) is 8.57. The summed E-state index contributed by atoms with van der Waals surface area (Å²) in [7, 11) is -4.64. The molecule has 3 N–H and O–H groups in total. The Morgan fingerprint density at radius 1 is 0.442 bits per heavy atom. The molecule has 0 atom stereocenters. The van der Waals surface area contributed by atoms with Crippen LogP contribution in [0.4, 0.5) is 0 Å². The molecule has 5 nitrogen and oxygen atoms in total. The Hall–Kier alpha value is 1.07. The summed E-state index contributed by atoms with van der Waals surface area (Å²) in [6, 6.07) is 0. The first-order valence-corrected chi connectivity index (χ1v) is 20.2. The van der Waals surface area contributed by atoms with Crippen molar-refractivity contribution in [3.05, 3.63) is 0 Å². The molecule has 258 valence electrons. The Morgan fingerprint density at radius 3 is 0.837 bits per heavy atom. The van der Waals surface area contributed by atoms with Crippen molar-refractivity contribution >= 4 is 7.82 Å². The van der Waals surface area contributed by atoms with E-state index in [2.05, 4.69) is 27.7 Å². The molecule has 0 radical (unpaired) electrons. The summed E-state index contributed by atoms with van der Waals surface area (Å²) in [6.45, 7) is 11.3. The first kappa shape index (κ1) is 48.5. The normalized spacial score (nSPS) is 11.6. The van der Waals surface area contributed by atoms with Gasteiger partial charge in [-0.1, -0.05) is 182 Å². The smallest absolute Gasteiger partial charge is 1.00 e. The van der Waals surface area contributed by atoms with Crippen LogP contribution >= 0.6 is 7.82 Å². The number of unbranched alkanes of at least 4 members (excludes halogenated alkanes) is 20. The number of rotatable bonds is 32. The van der Waals surface area contributed by atoms with E-state index in [1.54, 1.807) is 0 Å². The summed E-state index contributed by atoms with van der Waals surface area (Å²) in [5.41, 5.74) is 0. The van der Waals surface area contributed by atoms with E-state index >= 15 is 0 Å². The maximum atomic E-state index is 8.88. The van der Waals surface area contributed by atoms with E-state index in [0.29, 0.717) is 0 Å². The van der Waals surface area contributed by atoms with Gasteiger partial charge in [-0.05, 0) is 37.5 Å². The van der Waals surface area contributed by atoms with Crippen molar-refractivity contribution in [2.24, 2.45) is 11.8 Å². The van der Waals surface area contributed by atoms with Crippen LogP contribution in [0.3, 0.4) is 0 Å². The van der Waals surface area contributed by atoms with Crippen LogP contribution in [0, 0.1) is 11.8 Å². The molecule has 0 aliphatic rings. The van der Waals surface area contributed by atoms with Gasteiger partial charge in [0.1, 0.15) is 0 Å². The van der Waals surface area contributed by atoms with Crippen LogP contribution in [0.5, 0.6) is 0 Å². The fraction of sp³-hybridized carbons (Fsp3) is 1.00. The molecular weight excluding hydrogens is 566 g/mol. The van der Waals surface area contributed by atoms with Crippen LogP contribution in [0.25, 0.3) is 0 Å². The fourth-order valence-corrected chi connectivity index (χ4v) is 5.88. The monoisotopic (exact) mass is 645 g/mol. The van der Waals surface area contributed by atoms with Crippen molar-refractivity contribution in [2.45, 2.75) is 207 Å². The molecule has 0 fully saturated rings. The minimum absolute atomic E-state index is 0. The Labute approximate surface area is 293 Å². The Kier molecular flexibility index (Phi) is 44.2. The van der Waals surface area contributed by atoms with Crippen LogP contribution in [0.1, 0.15) is 209 Å². The molecule has 43 heavy (non-hydrogen) atoms. The molecular formula is C36H78NaO5P. The Bertz CT molecular complexity index is 476. The topological polar surface area (TPSA) is 87.0 Å². The molecule has 0 heterocycles. The van der Waals surface area contributed by atoms with E-state index in [1.165, 1.54) is 180 Å². The zero-order valence-corrected chi connectivity index (χ0v) is 32.9. The molecule has 0 rings (SSSR count). The maximum absolute atomic E-state index is 8.88. The summed E-state index contributed by atoms with van der Waals surface area (Å²) in [5, 5.41) is 0. The quantitative estimate of drug-likeness (QED) is 0.0386. The molecule has 0 aliphatic heterocycles. The predicted octanol–water partition coefficient (Wildman–Crippen LogP) is 9.43. The number of hydrogen-bond acceptors (Lipinski definition) is 2. The molecule has 0 aromatic carbocycles. The number of ether oxygens (including phenoxy) is 1. The molecule has 0 amide bonds. The Balaban J connectivity index is -0.00000105. The Morgan fingerprint density at radius 2 is 0.628 bits per heavy atom. The summed E-state index contributed by atoms with van der Waals surface area (Å²) >= 11 is 0. The zero-order chi connectivity index (χ0) is 31.6. The summed E-state index contributed by atoms with van der Waals surface area (Å²) < 4.78 is 15.4. The van der Waals surface area contributed by atoms with Gasteiger partial charge in [0.25, 0.3) is 0 Å². The third-order valence-electron chi connectivity index (χ3n) is 8.57. The standard InChI is InChI=1S/C36H74O.Na.H3O4P.H/c1-5-9-13-17-21-25-29-35(30-26-22-18-14-10-6-2)33-37-34-36(31-27-23-19-15-11-7-3)32-28-24-20-16-12-8-4;;1-5(2,3)4;/h35-36H,5-34H2,1-4H3;;(H3,1,2,3,4);/q;+1;;-1. The van der Waals surface area contributed by atoms with Gasteiger partial charge in [-0.15, -0.1) is 0 Å². The van der Waals surface area contributed by atoms with Gasteiger partial charge in [-0.2, -0.15) is 0 Å². The summed E-state index contributed by atoms with van der Waals surface area (Å²) in [4.78, 5) is 21.6. The molecule has 0 aliphatic carbocycles. The molecule has 0 saturated heterocycles. The second-order valence-electron chi connectivity index (χ2n) is 13.0. The van der Waals surface area contributed by atoms with E-state index in [-0.39, 0.29) is 31.0 Å². The molecule has 0 saturated carbocycles. The van der Waals surface area contributed by atoms with Crippen molar-refractivity contribution < 1.29 is 55.0 Å². The molecule has 0 bridgehead atoms. The van der Waals surface area contributed by atoms with Gasteiger partial charge in [0.15, 0.2) is 0 Å². The predicted molar refractivity (Wildman–Crippen MR) is 185 cm³/mol. The van der Waals surface area contributed by atoms with Crippen LogP contribution in [0.15, 0.2) is 0 Å². The van der Waals surface area contributed by atoms with Crippen molar-refractivity contribution in [3.63, 3.8) is 0 Å². The average Bonchev–Trinajstić information content (AvgIpc) is 2.94. The van der Waals surface area contributed by atoms with E-state index in [4.69, 9.17) is 24.0 Å². The first-order valence-electron chi connectivity index (χ1n) is 18.6. The van der Waals surface area contributed by atoms with Crippen molar-refractivity contribution in [1.82, 2.24) is 0 Å². The van der Waals surface area contributed by atoms with Gasteiger partial charge in [0, 0.05) is 13.2 Å². The summed E-state index contributed by atoms with van der Waals surface area (Å²) in [5.74, 6) is 1.61. The van der Waals surface area contributed by atoms with Gasteiger partial charge in [0.05, 0.1) is 0 Å². The van der Waals surface area contributed by atoms with E-state index in [9.17, 15) is 0 Å². The zero-order valence-electron chi connectivity index (χ0n) is 31.0. The second-order valence-corrected chi connectivity index (χ2v) is 14.0. The molecule has 0 aromatic heterocycles. The van der Waals surface area contributed by atoms with Crippen LogP contribution < -0.4 is 29.6 Å². The number of hydrogen-bond donors (Lipinski definition) is 3. The summed E-state index contributed by atoms with van der Waals surface area (Å²) in [6.07, 6.45) is 39.7. The van der Waals surface area contributed by atoms with E-state index in [1.807, 2.05) is 0 Å². The minimum atomic E-state index is -4.64. The first-order chi connectivity index (χ1) is 20.3. The van der Waals surface area contributed by atoms with Crippen molar-refractivity contribution in [3.8, 4) is 0 Å². The second kappa shape index (κ2) is 39.2. The van der Waals surface area contributed by atoms with Gasteiger partial charge in [0.2, 0.25) is 0 Å². The van der Waals surface area contributed by atoms with Gasteiger partial charge < -0.3 is 20.8 Å².